The normalized spacial score (nSPS) is 12.6. The summed E-state index contributed by atoms with van der Waals surface area (Å²) in [5.74, 6) is 0.649. The molecule has 3 nitrogen and oxygen atoms in total. The van der Waals surface area contributed by atoms with E-state index < -0.39 is 6.10 Å². The summed E-state index contributed by atoms with van der Waals surface area (Å²) < 4.78 is 1.70. The molecule has 84 valence electrons. The second-order valence-corrected chi connectivity index (χ2v) is 4.68. The van der Waals surface area contributed by atoms with Crippen LogP contribution in [0.3, 0.4) is 0 Å². The van der Waals surface area contributed by atoms with Crippen LogP contribution in [0, 0.1) is 0 Å². The van der Waals surface area contributed by atoms with E-state index in [-0.39, 0.29) is 0 Å². The maximum absolute atomic E-state index is 9.92. The number of rotatable bonds is 4. The molecular formula is C12H14N2OS. The lowest BCUT2D eigenvalue weighted by atomic mass is 10.2. The minimum atomic E-state index is -0.459. The molecule has 1 heterocycles. The fourth-order valence-electron chi connectivity index (χ4n) is 1.40. The van der Waals surface area contributed by atoms with Gasteiger partial charge >= 0.3 is 0 Å². The molecule has 1 unspecified atom stereocenters. The predicted molar refractivity (Wildman–Crippen MR) is 65.3 cm³/mol. The fourth-order valence-corrected chi connectivity index (χ4v) is 2.29. The first-order valence-electron chi connectivity index (χ1n) is 5.10. The molecule has 1 aromatic carbocycles. The van der Waals surface area contributed by atoms with Crippen LogP contribution in [-0.2, 0) is 7.05 Å². The predicted octanol–water partition coefficient (Wildman–Crippen LogP) is 2.25. The summed E-state index contributed by atoms with van der Waals surface area (Å²) in [6, 6.07) is 10.1. The van der Waals surface area contributed by atoms with Crippen LogP contribution in [0.2, 0.25) is 0 Å². The lowest BCUT2D eigenvalue weighted by Gasteiger charge is -2.07. The Morgan fingerprint density at radius 1 is 1.38 bits per heavy atom. The van der Waals surface area contributed by atoms with E-state index in [1.54, 1.807) is 22.6 Å². The fraction of sp³-hybridized carbons (Fsp3) is 0.250. The van der Waals surface area contributed by atoms with Crippen molar-refractivity contribution in [1.29, 1.82) is 0 Å². The zero-order valence-corrected chi connectivity index (χ0v) is 9.89. The summed E-state index contributed by atoms with van der Waals surface area (Å²) in [6.07, 6.45) is 3.09. The second kappa shape index (κ2) is 5.18. The van der Waals surface area contributed by atoms with Crippen molar-refractivity contribution >= 4 is 11.8 Å². The van der Waals surface area contributed by atoms with Gasteiger partial charge in [-0.25, -0.2) is 0 Å². The maximum Gasteiger partial charge on any atom is 0.0914 e. The first-order chi connectivity index (χ1) is 7.75. The zero-order chi connectivity index (χ0) is 11.4. The van der Waals surface area contributed by atoms with Gasteiger partial charge in [-0.3, -0.25) is 4.68 Å². The molecular weight excluding hydrogens is 220 g/mol. The molecule has 0 saturated heterocycles. The smallest absolute Gasteiger partial charge is 0.0914 e. The number of aryl methyl sites for hydroxylation is 1. The van der Waals surface area contributed by atoms with Gasteiger partial charge < -0.3 is 5.11 Å². The largest absolute Gasteiger partial charge is 0.387 e. The lowest BCUT2D eigenvalue weighted by Crippen LogP contribution is -1.99. The van der Waals surface area contributed by atoms with Crippen LogP contribution in [-0.4, -0.2) is 20.6 Å². The van der Waals surface area contributed by atoms with Crippen molar-refractivity contribution in [2.45, 2.75) is 11.0 Å². The average molecular weight is 234 g/mol. The summed E-state index contributed by atoms with van der Waals surface area (Å²) in [7, 11) is 1.85. The van der Waals surface area contributed by atoms with Crippen LogP contribution in [0.4, 0.5) is 0 Å². The van der Waals surface area contributed by atoms with Gasteiger partial charge in [0.25, 0.3) is 0 Å². The molecule has 1 atom stereocenters. The number of thioether (sulfide) groups is 1. The maximum atomic E-state index is 9.92. The molecule has 0 aliphatic carbocycles. The molecule has 2 aromatic rings. The summed E-state index contributed by atoms with van der Waals surface area (Å²) in [4.78, 5) is 1.17. The van der Waals surface area contributed by atoms with Gasteiger partial charge in [-0.1, -0.05) is 18.2 Å². The Balaban J connectivity index is 1.91. The highest BCUT2D eigenvalue weighted by molar-refractivity contribution is 7.99. The van der Waals surface area contributed by atoms with E-state index in [1.165, 1.54) is 4.90 Å². The van der Waals surface area contributed by atoms with Crippen molar-refractivity contribution in [2.75, 3.05) is 5.75 Å². The molecule has 0 bridgehead atoms. The summed E-state index contributed by atoms with van der Waals surface area (Å²) in [5, 5.41) is 14.0. The number of aromatic nitrogens is 2. The number of hydrogen-bond acceptors (Lipinski definition) is 3. The van der Waals surface area contributed by atoms with Gasteiger partial charge in [0.2, 0.25) is 0 Å². The third-order valence-electron chi connectivity index (χ3n) is 2.26. The van der Waals surface area contributed by atoms with Crippen molar-refractivity contribution < 1.29 is 5.11 Å². The van der Waals surface area contributed by atoms with Crippen LogP contribution in [0.1, 0.15) is 11.7 Å². The Morgan fingerprint density at radius 2 is 2.12 bits per heavy atom. The van der Waals surface area contributed by atoms with E-state index in [0.29, 0.717) is 5.75 Å². The Bertz CT molecular complexity index is 441. The number of aliphatic hydroxyl groups excluding tert-OH is 1. The van der Waals surface area contributed by atoms with Crippen LogP contribution in [0.15, 0.2) is 47.6 Å². The third kappa shape index (κ3) is 2.87. The van der Waals surface area contributed by atoms with Crippen molar-refractivity contribution in [3.8, 4) is 0 Å². The summed E-state index contributed by atoms with van der Waals surface area (Å²) in [6.45, 7) is 0. The molecule has 0 aliphatic heterocycles. The average Bonchev–Trinajstić information content (AvgIpc) is 2.74. The van der Waals surface area contributed by atoms with Gasteiger partial charge in [-0.2, -0.15) is 5.10 Å². The van der Waals surface area contributed by atoms with Crippen LogP contribution < -0.4 is 0 Å². The van der Waals surface area contributed by atoms with Gasteiger partial charge in [0.05, 0.1) is 12.3 Å². The standard InChI is InChI=1S/C12H14N2OS/c1-14-8-10(7-13-14)12(15)9-16-11-5-3-2-4-6-11/h2-8,12,15H,9H2,1H3. The minimum Gasteiger partial charge on any atom is -0.387 e. The molecule has 2 rings (SSSR count). The second-order valence-electron chi connectivity index (χ2n) is 3.59. The number of benzene rings is 1. The van der Waals surface area contributed by atoms with E-state index in [2.05, 4.69) is 5.10 Å². The molecule has 0 spiro atoms. The van der Waals surface area contributed by atoms with Crippen LogP contribution in [0.5, 0.6) is 0 Å². The zero-order valence-electron chi connectivity index (χ0n) is 9.08. The van der Waals surface area contributed by atoms with Gasteiger partial charge in [0, 0.05) is 29.5 Å². The van der Waals surface area contributed by atoms with E-state index in [9.17, 15) is 5.11 Å². The molecule has 1 N–H and O–H groups in total. The number of nitrogens with zero attached hydrogens (tertiary/aromatic N) is 2. The number of hydrogen-bond donors (Lipinski definition) is 1. The molecule has 0 fully saturated rings. The highest BCUT2D eigenvalue weighted by Gasteiger charge is 2.09. The first kappa shape index (κ1) is 11.2. The Hall–Kier alpha value is -1.26. The van der Waals surface area contributed by atoms with E-state index >= 15 is 0 Å². The van der Waals surface area contributed by atoms with Gasteiger partial charge in [-0.15, -0.1) is 11.8 Å². The van der Waals surface area contributed by atoms with Crippen molar-refractivity contribution in [2.24, 2.45) is 7.05 Å². The summed E-state index contributed by atoms with van der Waals surface area (Å²) >= 11 is 1.65. The third-order valence-corrected chi connectivity index (χ3v) is 3.35. The topological polar surface area (TPSA) is 38.0 Å². The molecule has 0 saturated carbocycles. The highest BCUT2D eigenvalue weighted by Crippen LogP contribution is 2.23. The molecule has 0 aliphatic rings. The molecule has 0 amide bonds. The Morgan fingerprint density at radius 3 is 2.75 bits per heavy atom. The molecule has 4 heteroatoms. The van der Waals surface area contributed by atoms with Gasteiger partial charge in [0.1, 0.15) is 0 Å². The highest BCUT2D eigenvalue weighted by atomic mass is 32.2. The number of aliphatic hydroxyl groups is 1. The lowest BCUT2D eigenvalue weighted by molar-refractivity contribution is 0.204. The van der Waals surface area contributed by atoms with Gasteiger partial charge in [0.15, 0.2) is 0 Å². The van der Waals surface area contributed by atoms with Gasteiger partial charge in [-0.05, 0) is 12.1 Å². The first-order valence-corrected chi connectivity index (χ1v) is 6.09. The Labute approximate surface area is 99.1 Å². The van der Waals surface area contributed by atoms with E-state index in [4.69, 9.17) is 0 Å². The van der Waals surface area contributed by atoms with Crippen molar-refractivity contribution in [3.63, 3.8) is 0 Å². The monoisotopic (exact) mass is 234 g/mol. The SMILES string of the molecule is Cn1cc(C(O)CSc2ccccc2)cn1. The Kier molecular flexibility index (Phi) is 3.64. The van der Waals surface area contributed by atoms with E-state index in [1.807, 2.05) is 43.6 Å². The van der Waals surface area contributed by atoms with Crippen molar-refractivity contribution in [1.82, 2.24) is 9.78 Å². The minimum absolute atomic E-state index is 0.459. The summed E-state index contributed by atoms with van der Waals surface area (Å²) in [5.41, 5.74) is 0.867. The molecule has 16 heavy (non-hydrogen) atoms. The van der Waals surface area contributed by atoms with E-state index in [0.717, 1.165) is 5.56 Å². The quantitative estimate of drug-likeness (QED) is 0.824. The van der Waals surface area contributed by atoms with Crippen molar-refractivity contribution in [3.05, 3.63) is 48.3 Å². The van der Waals surface area contributed by atoms with Crippen LogP contribution >= 0.6 is 11.8 Å². The van der Waals surface area contributed by atoms with Crippen LogP contribution in [0.25, 0.3) is 0 Å². The molecule has 0 radical (unpaired) electrons. The molecule has 1 aromatic heterocycles.